The van der Waals surface area contributed by atoms with Crippen LogP contribution in [0.5, 0.6) is 0 Å². The van der Waals surface area contributed by atoms with Gasteiger partial charge in [-0.1, -0.05) is 23.7 Å². The Hall–Kier alpha value is -2.12. The van der Waals surface area contributed by atoms with E-state index in [1.807, 2.05) is 0 Å². The van der Waals surface area contributed by atoms with Gasteiger partial charge in [-0.3, -0.25) is 14.5 Å². The van der Waals surface area contributed by atoms with Crippen molar-refractivity contribution in [2.45, 2.75) is 31.5 Å². The normalized spacial score (nSPS) is 23.4. The van der Waals surface area contributed by atoms with Gasteiger partial charge in [0, 0.05) is 12.1 Å². The predicted molar refractivity (Wildman–Crippen MR) is 93.0 cm³/mol. The molecule has 1 aromatic rings. The minimum Gasteiger partial charge on any atom is -0.358 e. The first-order valence-corrected chi connectivity index (χ1v) is 8.69. The van der Waals surface area contributed by atoms with Crippen LogP contribution in [0.1, 0.15) is 18.4 Å². The Labute approximate surface area is 151 Å². The molecule has 0 aromatic heterocycles. The van der Waals surface area contributed by atoms with Gasteiger partial charge in [-0.25, -0.2) is 4.79 Å². The van der Waals surface area contributed by atoms with Gasteiger partial charge < -0.3 is 15.5 Å². The van der Waals surface area contributed by atoms with E-state index in [0.717, 1.165) is 18.5 Å². The highest BCUT2D eigenvalue weighted by atomic mass is 35.5. The number of amides is 4. The summed E-state index contributed by atoms with van der Waals surface area (Å²) in [5, 5.41) is 6.33. The Kier molecular flexibility index (Phi) is 5.24. The van der Waals surface area contributed by atoms with Crippen LogP contribution in [0.15, 0.2) is 24.3 Å². The molecule has 2 saturated heterocycles. The van der Waals surface area contributed by atoms with Crippen molar-refractivity contribution in [2.75, 3.05) is 20.1 Å². The molecule has 2 fully saturated rings. The zero-order valence-corrected chi connectivity index (χ0v) is 14.8. The molecule has 2 N–H and O–H groups in total. The van der Waals surface area contributed by atoms with Gasteiger partial charge in [-0.2, -0.15) is 0 Å². The minimum absolute atomic E-state index is 0.0530. The lowest BCUT2D eigenvalue weighted by Crippen LogP contribution is -2.70. The highest BCUT2D eigenvalue weighted by Gasteiger charge is 2.47. The first kappa shape index (κ1) is 17.7. The summed E-state index contributed by atoms with van der Waals surface area (Å²) in [5.74, 6) is -0.490. The van der Waals surface area contributed by atoms with Gasteiger partial charge in [0.25, 0.3) is 0 Å². The van der Waals surface area contributed by atoms with Crippen LogP contribution in [0.4, 0.5) is 4.79 Å². The summed E-state index contributed by atoms with van der Waals surface area (Å²) in [4.78, 5) is 40.3. The Morgan fingerprint density at radius 1 is 1.32 bits per heavy atom. The van der Waals surface area contributed by atoms with E-state index in [4.69, 9.17) is 11.6 Å². The largest absolute Gasteiger partial charge is 0.358 e. The summed E-state index contributed by atoms with van der Waals surface area (Å²) in [7, 11) is 1.53. The van der Waals surface area contributed by atoms with Gasteiger partial charge in [0.05, 0.1) is 12.6 Å². The van der Waals surface area contributed by atoms with Crippen molar-refractivity contribution in [3.63, 3.8) is 0 Å². The van der Waals surface area contributed by atoms with Gasteiger partial charge in [0.1, 0.15) is 12.6 Å². The number of hydrogen-bond donors (Lipinski definition) is 2. The number of imide groups is 1. The minimum atomic E-state index is -0.469. The molecule has 2 unspecified atom stereocenters. The number of carbonyl (C=O) groups is 3. The van der Waals surface area contributed by atoms with Crippen molar-refractivity contribution in [1.82, 2.24) is 20.4 Å². The lowest BCUT2D eigenvalue weighted by atomic mass is 9.93. The lowest BCUT2D eigenvalue weighted by molar-refractivity contribution is -0.139. The van der Waals surface area contributed by atoms with E-state index in [0.29, 0.717) is 11.4 Å². The highest BCUT2D eigenvalue weighted by molar-refractivity contribution is 6.30. The molecule has 0 bridgehead atoms. The van der Waals surface area contributed by atoms with Crippen LogP contribution in [-0.4, -0.2) is 59.9 Å². The molecule has 4 amide bonds. The zero-order valence-electron chi connectivity index (χ0n) is 14.0. The number of carbonyl (C=O) groups excluding carboxylic acids is 3. The van der Waals surface area contributed by atoms with E-state index in [1.165, 1.54) is 16.8 Å². The summed E-state index contributed by atoms with van der Waals surface area (Å²) < 4.78 is 0. The molecule has 2 aliphatic rings. The number of hydrogen-bond acceptors (Lipinski definition) is 4. The molecule has 7 nitrogen and oxygen atoms in total. The molecular formula is C17H21ClN4O3. The van der Waals surface area contributed by atoms with Gasteiger partial charge in [0.15, 0.2) is 0 Å². The van der Waals surface area contributed by atoms with E-state index in [2.05, 4.69) is 10.6 Å². The molecular weight excluding hydrogens is 344 g/mol. The summed E-state index contributed by atoms with van der Waals surface area (Å²) in [6.45, 7) is 0.830. The Balaban J connectivity index is 1.86. The standard InChI is InChI=1S/C17H21ClN4O3/c1-19-14(23)10-21-13-3-2-8-20-15(13)16(24)22(17(21)25)9-11-4-6-12(18)7-5-11/h4-7,13,15,20H,2-3,8-10H2,1H3,(H,19,23). The number of urea groups is 1. The van der Waals surface area contributed by atoms with Crippen molar-refractivity contribution < 1.29 is 14.4 Å². The Morgan fingerprint density at radius 2 is 2.04 bits per heavy atom. The summed E-state index contributed by atoms with van der Waals surface area (Å²) in [6.07, 6.45) is 1.57. The van der Waals surface area contributed by atoms with Crippen LogP contribution in [0.3, 0.4) is 0 Å². The molecule has 2 aliphatic heterocycles. The van der Waals surface area contributed by atoms with Crippen molar-refractivity contribution in [3.05, 3.63) is 34.9 Å². The van der Waals surface area contributed by atoms with Crippen molar-refractivity contribution in [3.8, 4) is 0 Å². The molecule has 0 spiro atoms. The summed E-state index contributed by atoms with van der Waals surface area (Å²) in [5.41, 5.74) is 0.806. The number of piperidine rings is 1. The first-order chi connectivity index (χ1) is 12.0. The number of benzene rings is 1. The maximum atomic E-state index is 12.9. The fourth-order valence-electron chi connectivity index (χ4n) is 3.35. The van der Waals surface area contributed by atoms with Crippen molar-refractivity contribution in [2.24, 2.45) is 0 Å². The van der Waals surface area contributed by atoms with Crippen LogP contribution in [0.25, 0.3) is 0 Å². The fraction of sp³-hybridized carbons (Fsp3) is 0.471. The van der Waals surface area contributed by atoms with Gasteiger partial charge in [0.2, 0.25) is 11.8 Å². The van der Waals surface area contributed by atoms with E-state index < -0.39 is 12.1 Å². The maximum absolute atomic E-state index is 12.9. The van der Waals surface area contributed by atoms with E-state index in [9.17, 15) is 14.4 Å². The summed E-state index contributed by atoms with van der Waals surface area (Å²) >= 11 is 5.89. The van der Waals surface area contributed by atoms with E-state index >= 15 is 0 Å². The fourth-order valence-corrected chi connectivity index (χ4v) is 3.48. The molecule has 1 aromatic carbocycles. The molecule has 0 aliphatic carbocycles. The molecule has 2 heterocycles. The topological polar surface area (TPSA) is 81.8 Å². The lowest BCUT2D eigenvalue weighted by Gasteiger charge is -2.46. The Morgan fingerprint density at radius 3 is 2.72 bits per heavy atom. The molecule has 2 atom stereocenters. The molecule has 0 saturated carbocycles. The maximum Gasteiger partial charge on any atom is 0.327 e. The van der Waals surface area contributed by atoms with Crippen LogP contribution in [0, 0.1) is 0 Å². The average molecular weight is 365 g/mol. The molecule has 8 heteroatoms. The van der Waals surface area contributed by atoms with Crippen LogP contribution >= 0.6 is 11.6 Å². The SMILES string of the molecule is CNC(=O)CN1C(=O)N(Cc2ccc(Cl)cc2)C(=O)C2NCCCC21. The van der Waals surface area contributed by atoms with Gasteiger partial charge >= 0.3 is 6.03 Å². The molecule has 3 rings (SSSR count). The molecule has 134 valence electrons. The monoisotopic (exact) mass is 364 g/mol. The average Bonchev–Trinajstić information content (AvgIpc) is 2.63. The van der Waals surface area contributed by atoms with E-state index in [-0.39, 0.29) is 30.9 Å². The number of likely N-dealkylation sites (N-methyl/N-ethyl adjacent to an activating group) is 1. The second kappa shape index (κ2) is 7.41. The quantitative estimate of drug-likeness (QED) is 0.834. The van der Waals surface area contributed by atoms with Crippen molar-refractivity contribution in [1.29, 1.82) is 0 Å². The third-order valence-corrected chi connectivity index (χ3v) is 4.93. The van der Waals surface area contributed by atoms with Crippen LogP contribution in [-0.2, 0) is 16.1 Å². The number of nitrogens with zero attached hydrogens (tertiary/aromatic N) is 2. The smallest absolute Gasteiger partial charge is 0.327 e. The van der Waals surface area contributed by atoms with Crippen LogP contribution < -0.4 is 10.6 Å². The second-order valence-electron chi connectivity index (χ2n) is 6.28. The van der Waals surface area contributed by atoms with Crippen LogP contribution in [0.2, 0.25) is 5.02 Å². The number of rotatable bonds is 4. The second-order valence-corrected chi connectivity index (χ2v) is 6.71. The number of fused-ring (bicyclic) bond motifs is 1. The zero-order chi connectivity index (χ0) is 18.0. The number of nitrogens with one attached hydrogen (secondary N) is 2. The van der Waals surface area contributed by atoms with E-state index in [1.54, 1.807) is 24.3 Å². The summed E-state index contributed by atoms with van der Waals surface area (Å²) in [6, 6.07) is 5.84. The highest BCUT2D eigenvalue weighted by Crippen LogP contribution is 2.26. The van der Waals surface area contributed by atoms with Gasteiger partial charge in [-0.15, -0.1) is 0 Å². The first-order valence-electron chi connectivity index (χ1n) is 8.31. The number of halogens is 1. The third kappa shape index (κ3) is 3.62. The third-order valence-electron chi connectivity index (χ3n) is 4.68. The predicted octanol–water partition coefficient (Wildman–Crippen LogP) is 0.971. The molecule has 0 radical (unpaired) electrons. The van der Waals surface area contributed by atoms with Gasteiger partial charge in [-0.05, 0) is 37.1 Å². The molecule has 25 heavy (non-hydrogen) atoms. The van der Waals surface area contributed by atoms with Crippen molar-refractivity contribution >= 4 is 29.4 Å². The Bertz CT molecular complexity index is 679.